The standard InChI is InChI=1S/C14H24N2OS/c1-6-11-10(5)15-13(16-12(11)18)14(7-2,8-3)17-9-4/h6-9H2,1-5H3,(H,15,16,18). The van der Waals surface area contributed by atoms with E-state index in [1.165, 1.54) is 0 Å². The molecule has 18 heavy (non-hydrogen) atoms. The molecule has 0 aliphatic rings. The number of hydrogen-bond donors (Lipinski definition) is 1. The van der Waals surface area contributed by atoms with Gasteiger partial charge in [0.15, 0.2) is 0 Å². The Bertz CT molecular complexity index is 450. The Labute approximate surface area is 115 Å². The lowest BCUT2D eigenvalue weighted by atomic mass is 9.95. The Morgan fingerprint density at radius 3 is 2.22 bits per heavy atom. The molecule has 0 unspecified atom stereocenters. The smallest absolute Gasteiger partial charge is 0.140 e. The minimum Gasteiger partial charge on any atom is -0.367 e. The Morgan fingerprint density at radius 1 is 1.22 bits per heavy atom. The predicted molar refractivity (Wildman–Crippen MR) is 77.4 cm³/mol. The lowest BCUT2D eigenvalue weighted by Gasteiger charge is -2.31. The van der Waals surface area contributed by atoms with Crippen LogP contribution in [-0.4, -0.2) is 16.6 Å². The molecule has 1 heterocycles. The fourth-order valence-electron chi connectivity index (χ4n) is 2.38. The Morgan fingerprint density at radius 2 is 1.83 bits per heavy atom. The van der Waals surface area contributed by atoms with Gasteiger partial charge in [0.25, 0.3) is 0 Å². The second-order valence-corrected chi connectivity index (χ2v) is 4.87. The second kappa shape index (κ2) is 6.43. The van der Waals surface area contributed by atoms with Gasteiger partial charge in [-0.2, -0.15) is 0 Å². The van der Waals surface area contributed by atoms with Crippen molar-refractivity contribution in [1.82, 2.24) is 9.97 Å². The summed E-state index contributed by atoms with van der Waals surface area (Å²) in [6, 6.07) is 0. The van der Waals surface area contributed by atoms with Crippen LogP contribution in [0, 0.1) is 11.6 Å². The number of rotatable bonds is 6. The van der Waals surface area contributed by atoms with E-state index in [1.54, 1.807) is 0 Å². The molecule has 0 spiro atoms. The maximum atomic E-state index is 5.96. The monoisotopic (exact) mass is 268 g/mol. The number of nitrogens with zero attached hydrogens (tertiary/aromatic N) is 1. The highest BCUT2D eigenvalue weighted by Crippen LogP contribution is 2.31. The highest BCUT2D eigenvalue weighted by molar-refractivity contribution is 7.71. The van der Waals surface area contributed by atoms with Gasteiger partial charge in [0, 0.05) is 17.9 Å². The van der Waals surface area contributed by atoms with Gasteiger partial charge in [-0.1, -0.05) is 33.0 Å². The van der Waals surface area contributed by atoms with Crippen molar-refractivity contribution in [2.45, 2.75) is 59.5 Å². The van der Waals surface area contributed by atoms with Crippen molar-refractivity contribution in [1.29, 1.82) is 0 Å². The quantitative estimate of drug-likeness (QED) is 0.791. The molecule has 0 radical (unpaired) electrons. The topological polar surface area (TPSA) is 37.9 Å². The van der Waals surface area contributed by atoms with Gasteiger partial charge in [-0.3, -0.25) is 0 Å². The molecular formula is C14H24N2OS. The summed E-state index contributed by atoms with van der Waals surface area (Å²) in [5.74, 6) is 0.869. The number of aromatic nitrogens is 2. The lowest BCUT2D eigenvalue weighted by molar-refractivity contribution is -0.0573. The number of nitrogens with one attached hydrogen (secondary N) is 1. The zero-order valence-electron chi connectivity index (χ0n) is 12.1. The van der Waals surface area contributed by atoms with E-state index >= 15 is 0 Å². The maximum absolute atomic E-state index is 5.96. The minimum atomic E-state index is -0.334. The number of ether oxygens (including phenoxy) is 1. The third-order valence-electron chi connectivity index (χ3n) is 3.58. The summed E-state index contributed by atoms with van der Waals surface area (Å²) in [6.45, 7) is 11.1. The average molecular weight is 268 g/mol. The van der Waals surface area contributed by atoms with Gasteiger partial charge < -0.3 is 9.72 Å². The van der Waals surface area contributed by atoms with E-state index < -0.39 is 0 Å². The SMILES string of the molecule is CCOC(CC)(CC)c1nc(=S)c(CC)c(C)[nH]1. The van der Waals surface area contributed by atoms with Crippen LogP contribution in [-0.2, 0) is 16.8 Å². The van der Waals surface area contributed by atoms with Gasteiger partial charge in [0.05, 0.1) is 0 Å². The van der Waals surface area contributed by atoms with E-state index in [0.717, 1.165) is 36.3 Å². The van der Waals surface area contributed by atoms with E-state index in [9.17, 15) is 0 Å². The van der Waals surface area contributed by atoms with Crippen molar-refractivity contribution in [2.75, 3.05) is 6.61 Å². The van der Waals surface area contributed by atoms with Gasteiger partial charge in [-0.05, 0) is 33.1 Å². The van der Waals surface area contributed by atoms with Gasteiger partial charge >= 0.3 is 0 Å². The predicted octanol–water partition coefficient (Wildman–Crippen LogP) is 4.06. The summed E-state index contributed by atoms with van der Waals surface area (Å²) in [6.07, 6.45) is 2.69. The lowest BCUT2D eigenvalue weighted by Crippen LogP contribution is -2.31. The molecule has 102 valence electrons. The van der Waals surface area contributed by atoms with Crippen LogP contribution in [0.1, 0.15) is 57.6 Å². The summed E-state index contributed by atoms with van der Waals surface area (Å²) in [5, 5.41) is 0. The summed E-state index contributed by atoms with van der Waals surface area (Å²) in [5.41, 5.74) is 1.91. The Kier molecular flexibility index (Phi) is 5.47. The molecule has 0 fully saturated rings. The normalized spacial score (nSPS) is 11.8. The molecular weight excluding hydrogens is 244 g/mol. The van der Waals surface area contributed by atoms with E-state index in [2.05, 4.69) is 37.7 Å². The van der Waals surface area contributed by atoms with Crippen molar-refractivity contribution in [3.8, 4) is 0 Å². The molecule has 0 atom stereocenters. The van der Waals surface area contributed by atoms with Crippen molar-refractivity contribution in [2.24, 2.45) is 0 Å². The molecule has 0 aliphatic carbocycles. The van der Waals surface area contributed by atoms with Crippen LogP contribution in [0.4, 0.5) is 0 Å². The number of aryl methyl sites for hydroxylation is 1. The fraction of sp³-hybridized carbons (Fsp3) is 0.714. The van der Waals surface area contributed by atoms with Crippen LogP contribution >= 0.6 is 12.2 Å². The molecule has 0 amide bonds. The number of aromatic amines is 1. The number of H-pyrrole nitrogens is 1. The van der Waals surface area contributed by atoms with Gasteiger partial charge in [-0.25, -0.2) is 4.98 Å². The van der Waals surface area contributed by atoms with Crippen molar-refractivity contribution in [3.63, 3.8) is 0 Å². The van der Waals surface area contributed by atoms with E-state index in [1.807, 2.05) is 6.92 Å². The third kappa shape index (κ3) is 2.81. The summed E-state index contributed by atoms with van der Waals surface area (Å²) in [7, 11) is 0. The molecule has 1 aromatic rings. The van der Waals surface area contributed by atoms with E-state index in [4.69, 9.17) is 17.0 Å². The van der Waals surface area contributed by atoms with Crippen LogP contribution in [0.5, 0.6) is 0 Å². The van der Waals surface area contributed by atoms with Crippen molar-refractivity contribution >= 4 is 12.2 Å². The van der Waals surface area contributed by atoms with Gasteiger partial charge in [-0.15, -0.1) is 0 Å². The van der Waals surface area contributed by atoms with Crippen molar-refractivity contribution < 1.29 is 4.74 Å². The molecule has 0 bridgehead atoms. The summed E-state index contributed by atoms with van der Waals surface area (Å²) in [4.78, 5) is 7.96. The zero-order chi connectivity index (χ0) is 13.8. The average Bonchev–Trinajstić information content (AvgIpc) is 2.35. The van der Waals surface area contributed by atoms with Crippen LogP contribution in [0.25, 0.3) is 0 Å². The molecule has 1 rings (SSSR count). The molecule has 0 aliphatic heterocycles. The molecule has 1 N–H and O–H groups in total. The molecule has 0 saturated carbocycles. The third-order valence-corrected chi connectivity index (χ3v) is 3.92. The Balaban J connectivity index is 3.34. The molecule has 3 nitrogen and oxygen atoms in total. The second-order valence-electron chi connectivity index (χ2n) is 4.48. The minimum absolute atomic E-state index is 0.334. The van der Waals surface area contributed by atoms with Crippen LogP contribution in [0.15, 0.2) is 0 Å². The molecule has 0 saturated heterocycles. The first-order chi connectivity index (χ1) is 8.54. The highest BCUT2D eigenvalue weighted by atomic mass is 32.1. The summed E-state index contributed by atoms with van der Waals surface area (Å²) < 4.78 is 6.66. The van der Waals surface area contributed by atoms with Gasteiger partial charge in [0.1, 0.15) is 16.1 Å². The van der Waals surface area contributed by atoms with Crippen LogP contribution in [0.2, 0.25) is 0 Å². The molecule has 0 aromatic carbocycles. The summed E-state index contributed by atoms with van der Waals surface area (Å²) >= 11 is 5.39. The van der Waals surface area contributed by atoms with Crippen LogP contribution in [0.3, 0.4) is 0 Å². The molecule has 4 heteroatoms. The van der Waals surface area contributed by atoms with E-state index in [0.29, 0.717) is 11.2 Å². The zero-order valence-corrected chi connectivity index (χ0v) is 12.9. The fourth-order valence-corrected chi connectivity index (χ4v) is 2.76. The number of hydrogen-bond acceptors (Lipinski definition) is 3. The Hall–Kier alpha value is -0.740. The first-order valence-electron chi connectivity index (χ1n) is 6.78. The van der Waals surface area contributed by atoms with Gasteiger partial charge in [0.2, 0.25) is 0 Å². The first-order valence-corrected chi connectivity index (χ1v) is 7.19. The maximum Gasteiger partial charge on any atom is 0.140 e. The van der Waals surface area contributed by atoms with Crippen molar-refractivity contribution in [3.05, 3.63) is 21.7 Å². The van der Waals surface area contributed by atoms with Crippen LogP contribution < -0.4 is 0 Å². The first kappa shape index (κ1) is 15.3. The molecule has 1 aromatic heterocycles. The highest BCUT2D eigenvalue weighted by Gasteiger charge is 2.32. The van der Waals surface area contributed by atoms with E-state index in [-0.39, 0.29) is 5.60 Å². The largest absolute Gasteiger partial charge is 0.367 e.